The summed E-state index contributed by atoms with van der Waals surface area (Å²) in [6, 6.07) is 35.2. The van der Waals surface area contributed by atoms with Crippen molar-refractivity contribution in [3.05, 3.63) is 120 Å². The summed E-state index contributed by atoms with van der Waals surface area (Å²) in [5.74, 6) is 1.80. The van der Waals surface area contributed by atoms with Gasteiger partial charge in [0.2, 0.25) is 0 Å². The van der Waals surface area contributed by atoms with E-state index in [0.29, 0.717) is 11.1 Å². The zero-order chi connectivity index (χ0) is 28.4. The lowest BCUT2D eigenvalue weighted by Crippen LogP contribution is -2.01. The summed E-state index contributed by atoms with van der Waals surface area (Å²) in [5, 5.41) is 3.39. The molecule has 0 amide bonds. The van der Waals surface area contributed by atoms with Crippen molar-refractivity contribution in [1.82, 2.24) is 0 Å². The molecule has 0 aromatic heterocycles. The first-order valence-corrected chi connectivity index (χ1v) is 15.2. The molecule has 4 heteroatoms. The van der Waals surface area contributed by atoms with Crippen LogP contribution in [0.15, 0.2) is 109 Å². The Morgan fingerprint density at radius 1 is 0.439 bits per heavy atom. The molecule has 214 valence electrons. The maximum Gasteiger partial charge on any atom is 0.193 e. The van der Waals surface area contributed by atoms with Crippen LogP contribution in [-0.2, 0) is 0 Å². The first-order chi connectivity index (χ1) is 20.3. The molecule has 0 heterocycles. The van der Waals surface area contributed by atoms with Gasteiger partial charge >= 0.3 is 0 Å². The lowest BCUT2D eigenvalue weighted by molar-refractivity contribution is 0.103. The highest BCUT2D eigenvalue weighted by molar-refractivity contribution is 6.08. The fourth-order valence-electron chi connectivity index (χ4n) is 4.78. The van der Waals surface area contributed by atoms with E-state index < -0.39 is 0 Å². The summed E-state index contributed by atoms with van der Waals surface area (Å²) in [6.45, 7) is 1.51. The van der Waals surface area contributed by atoms with Gasteiger partial charge in [-0.25, -0.2) is 0 Å². The van der Waals surface area contributed by atoms with E-state index in [9.17, 15) is 4.79 Å². The van der Waals surface area contributed by atoms with Gasteiger partial charge in [-0.1, -0.05) is 99.9 Å². The molecule has 4 rings (SSSR count). The van der Waals surface area contributed by atoms with E-state index in [1.807, 2.05) is 84.9 Å². The summed E-state index contributed by atoms with van der Waals surface area (Å²) in [4.78, 5) is 12.5. The lowest BCUT2D eigenvalue weighted by Gasteiger charge is -2.09. The minimum Gasteiger partial charge on any atom is -0.494 e. The van der Waals surface area contributed by atoms with Gasteiger partial charge in [0.1, 0.15) is 11.5 Å². The highest BCUT2D eigenvalue weighted by Gasteiger charge is 2.08. The molecule has 0 fully saturated rings. The predicted molar refractivity (Wildman–Crippen MR) is 170 cm³/mol. The van der Waals surface area contributed by atoms with Crippen LogP contribution < -0.4 is 14.8 Å². The summed E-state index contributed by atoms with van der Waals surface area (Å²) >= 11 is 0. The smallest absolute Gasteiger partial charge is 0.193 e. The first-order valence-electron chi connectivity index (χ1n) is 15.2. The molecule has 0 aliphatic carbocycles. The molecular formula is C37H43NO3. The van der Waals surface area contributed by atoms with Gasteiger partial charge in [-0.05, 0) is 73.5 Å². The molecule has 0 atom stereocenters. The van der Waals surface area contributed by atoms with Crippen molar-refractivity contribution in [1.29, 1.82) is 0 Å². The number of ketones is 1. The zero-order valence-corrected chi connectivity index (χ0v) is 24.1. The average Bonchev–Trinajstić information content (AvgIpc) is 3.03. The van der Waals surface area contributed by atoms with E-state index in [0.717, 1.165) is 48.9 Å². The number of carbonyl (C=O) groups is 1. The van der Waals surface area contributed by atoms with Crippen molar-refractivity contribution in [2.45, 2.75) is 64.2 Å². The van der Waals surface area contributed by atoms with Crippen molar-refractivity contribution in [3.63, 3.8) is 0 Å². The Bertz CT molecular complexity index is 1260. The minimum atomic E-state index is 0.0424. The average molecular weight is 550 g/mol. The monoisotopic (exact) mass is 549 g/mol. The fourth-order valence-corrected chi connectivity index (χ4v) is 4.78. The number of hydrogen-bond acceptors (Lipinski definition) is 4. The third-order valence-corrected chi connectivity index (χ3v) is 7.15. The zero-order valence-electron chi connectivity index (χ0n) is 24.1. The number of rotatable bonds is 19. The second kappa shape index (κ2) is 17.6. The van der Waals surface area contributed by atoms with Crippen LogP contribution in [0.25, 0.3) is 0 Å². The van der Waals surface area contributed by atoms with Crippen LogP contribution in [0.1, 0.15) is 80.1 Å². The van der Waals surface area contributed by atoms with E-state index in [1.165, 1.54) is 51.4 Å². The lowest BCUT2D eigenvalue weighted by atomic mass is 10.0. The van der Waals surface area contributed by atoms with Gasteiger partial charge in [0.15, 0.2) is 5.78 Å². The third kappa shape index (κ3) is 11.2. The molecule has 41 heavy (non-hydrogen) atoms. The largest absolute Gasteiger partial charge is 0.494 e. The second-order valence-corrected chi connectivity index (χ2v) is 10.5. The number of unbranched alkanes of at least 4 members (excludes halogenated alkanes) is 9. The summed E-state index contributed by atoms with van der Waals surface area (Å²) in [6.07, 6.45) is 12.4. The minimum absolute atomic E-state index is 0.0424. The van der Waals surface area contributed by atoms with Crippen molar-refractivity contribution >= 4 is 17.2 Å². The molecule has 4 aromatic rings. The molecule has 0 aliphatic heterocycles. The van der Waals surface area contributed by atoms with Crippen molar-refractivity contribution in [2.75, 3.05) is 18.5 Å². The van der Waals surface area contributed by atoms with Gasteiger partial charge in [-0.15, -0.1) is 0 Å². The van der Waals surface area contributed by atoms with Crippen LogP contribution in [0.4, 0.5) is 11.4 Å². The third-order valence-electron chi connectivity index (χ3n) is 7.15. The van der Waals surface area contributed by atoms with Crippen LogP contribution in [0, 0.1) is 0 Å². The summed E-state index contributed by atoms with van der Waals surface area (Å²) < 4.78 is 11.8. The number of ether oxygens (including phenoxy) is 2. The highest BCUT2D eigenvalue weighted by Crippen LogP contribution is 2.20. The molecule has 0 saturated carbocycles. The van der Waals surface area contributed by atoms with Gasteiger partial charge < -0.3 is 14.8 Å². The Hall–Kier alpha value is -4.05. The Morgan fingerprint density at radius 3 is 1.34 bits per heavy atom. The molecule has 1 N–H and O–H groups in total. The van der Waals surface area contributed by atoms with Crippen LogP contribution in [0.3, 0.4) is 0 Å². The van der Waals surface area contributed by atoms with Crippen LogP contribution in [0.5, 0.6) is 11.5 Å². The molecule has 0 radical (unpaired) electrons. The molecule has 0 bridgehead atoms. The molecule has 4 aromatic carbocycles. The van der Waals surface area contributed by atoms with Gasteiger partial charge in [0.25, 0.3) is 0 Å². The van der Waals surface area contributed by atoms with Crippen molar-refractivity contribution < 1.29 is 14.3 Å². The van der Waals surface area contributed by atoms with E-state index in [2.05, 4.69) is 29.6 Å². The number of nitrogens with one attached hydrogen (secondary N) is 1. The quantitative estimate of drug-likeness (QED) is 0.0934. The van der Waals surface area contributed by atoms with Crippen LogP contribution in [0.2, 0.25) is 0 Å². The fraction of sp³-hybridized carbons (Fsp3) is 0.324. The standard InChI is InChI=1S/C37H43NO3/c39-37(31-17-11-9-12-18-31)32-21-25-35(26-22-32)40-29-15-7-5-3-1-2-4-6-8-16-30-41-36-27-23-34(24-28-36)38-33-19-13-10-14-20-33/h9-14,17-28,38H,1-8,15-16,29-30H2. The van der Waals surface area contributed by atoms with Crippen LogP contribution in [-0.4, -0.2) is 19.0 Å². The molecule has 0 saturated heterocycles. The topological polar surface area (TPSA) is 47.6 Å². The molecule has 0 unspecified atom stereocenters. The van der Waals surface area contributed by atoms with Gasteiger partial charge in [-0.2, -0.15) is 0 Å². The molecule has 0 spiro atoms. The maximum atomic E-state index is 12.5. The number of carbonyl (C=O) groups excluding carboxylic acids is 1. The Balaban J connectivity index is 0.935. The summed E-state index contributed by atoms with van der Waals surface area (Å²) in [5.41, 5.74) is 3.55. The van der Waals surface area contributed by atoms with Gasteiger partial charge in [0, 0.05) is 22.5 Å². The molecular weight excluding hydrogens is 506 g/mol. The van der Waals surface area contributed by atoms with Gasteiger partial charge in [0.05, 0.1) is 13.2 Å². The number of para-hydroxylation sites is 1. The van der Waals surface area contributed by atoms with Crippen LogP contribution >= 0.6 is 0 Å². The first kappa shape index (κ1) is 29.9. The maximum absolute atomic E-state index is 12.5. The number of hydrogen-bond donors (Lipinski definition) is 1. The SMILES string of the molecule is O=C(c1ccccc1)c1ccc(OCCCCCCCCCCCCOc2ccc(Nc3ccccc3)cc2)cc1. The predicted octanol–water partition coefficient (Wildman–Crippen LogP) is 10.0. The van der Waals surface area contributed by atoms with Crippen molar-refractivity contribution in [3.8, 4) is 11.5 Å². The number of benzene rings is 4. The number of anilines is 2. The second-order valence-electron chi connectivity index (χ2n) is 10.5. The summed E-state index contributed by atoms with van der Waals surface area (Å²) in [7, 11) is 0. The Kier molecular flexibility index (Phi) is 12.8. The Morgan fingerprint density at radius 2 is 0.829 bits per heavy atom. The highest BCUT2D eigenvalue weighted by atomic mass is 16.5. The van der Waals surface area contributed by atoms with E-state index in [-0.39, 0.29) is 5.78 Å². The van der Waals surface area contributed by atoms with E-state index in [4.69, 9.17) is 9.47 Å². The molecule has 4 nitrogen and oxygen atoms in total. The van der Waals surface area contributed by atoms with E-state index >= 15 is 0 Å². The molecule has 0 aliphatic rings. The Labute approximate surface area is 245 Å². The normalized spacial score (nSPS) is 10.7. The van der Waals surface area contributed by atoms with Crippen molar-refractivity contribution in [2.24, 2.45) is 0 Å². The van der Waals surface area contributed by atoms with E-state index in [1.54, 1.807) is 0 Å². The van der Waals surface area contributed by atoms with Gasteiger partial charge in [-0.3, -0.25) is 4.79 Å².